The zero-order valence-electron chi connectivity index (χ0n) is 11.2. The zero-order valence-corrected chi connectivity index (χ0v) is 11.2. The molecule has 2 rings (SSSR count). The molecule has 1 atom stereocenters. The number of nitro groups is 1. The van der Waals surface area contributed by atoms with Crippen LogP contribution in [0.15, 0.2) is 30.4 Å². The third-order valence-electron chi connectivity index (χ3n) is 3.22. The largest absolute Gasteiger partial charge is 0.490 e. The maximum atomic E-state index is 11.9. The van der Waals surface area contributed by atoms with Crippen LogP contribution in [0, 0.1) is 16.0 Å². The average Bonchev–Trinajstić information content (AvgIpc) is 2.91. The highest BCUT2D eigenvalue weighted by Crippen LogP contribution is 2.30. The minimum atomic E-state index is -0.534. The van der Waals surface area contributed by atoms with Crippen molar-refractivity contribution in [2.45, 2.75) is 19.3 Å². The molecule has 0 aliphatic heterocycles. The second kappa shape index (κ2) is 6.18. The Morgan fingerprint density at radius 2 is 2.35 bits per heavy atom. The number of methoxy groups -OCH3 is 1. The molecule has 0 saturated carbocycles. The van der Waals surface area contributed by atoms with E-state index >= 15 is 0 Å². The number of nitrogens with zero attached hydrogens (tertiary/aromatic N) is 1. The lowest BCUT2D eigenvalue weighted by atomic mass is 10.1. The van der Waals surface area contributed by atoms with Crippen molar-refractivity contribution < 1.29 is 14.5 Å². The van der Waals surface area contributed by atoms with Gasteiger partial charge in [0.1, 0.15) is 0 Å². The Hall–Kier alpha value is -2.37. The summed E-state index contributed by atoms with van der Waals surface area (Å²) in [6.45, 7) is 0. The fraction of sp³-hybridized carbons (Fsp3) is 0.357. The minimum Gasteiger partial charge on any atom is -0.490 e. The highest BCUT2D eigenvalue weighted by molar-refractivity contribution is 5.91. The predicted octanol–water partition coefficient (Wildman–Crippen LogP) is 2.90. The van der Waals surface area contributed by atoms with Crippen molar-refractivity contribution in [3.05, 3.63) is 40.5 Å². The molecular formula is C14H16N2O4. The first kappa shape index (κ1) is 14.0. The molecule has 106 valence electrons. The van der Waals surface area contributed by atoms with Crippen LogP contribution in [0.5, 0.6) is 5.75 Å². The van der Waals surface area contributed by atoms with Gasteiger partial charge in [0.15, 0.2) is 5.75 Å². The van der Waals surface area contributed by atoms with Gasteiger partial charge in [-0.15, -0.1) is 0 Å². The normalized spacial score (nSPS) is 16.9. The molecule has 1 unspecified atom stereocenters. The van der Waals surface area contributed by atoms with E-state index in [0.29, 0.717) is 12.1 Å². The number of carbonyl (C=O) groups is 1. The summed E-state index contributed by atoms with van der Waals surface area (Å²) in [6, 6.07) is 4.37. The number of hydrogen-bond acceptors (Lipinski definition) is 4. The first-order valence-electron chi connectivity index (χ1n) is 6.39. The van der Waals surface area contributed by atoms with Crippen LogP contribution in [0.4, 0.5) is 11.4 Å². The molecule has 6 heteroatoms. The highest BCUT2D eigenvalue weighted by atomic mass is 16.6. The third-order valence-corrected chi connectivity index (χ3v) is 3.22. The molecule has 0 heterocycles. The van der Waals surface area contributed by atoms with Gasteiger partial charge in [0.05, 0.1) is 12.0 Å². The maximum absolute atomic E-state index is 11.9. The minimum absolute atomic E-state index is 0.138. The van der Waals surface area contributed by atoms with Crippen molar-refractivity contribution in [2.24, 2.45) is 5.92 Å². The van der Waals surface area contributed by atoms with Gasteiger partial charge < -0.3 is 10.1 Å². The fourth-order valence-corrected chi connectivity index (χ4v) is 2.23. The number of anilines is 1. The molecule has 6 nitrogen and oxygen atoms in total. The summed E-state index contributed by atoms with van der Waals surface area (Å²) in [5.41, 5.74) is 0.246. The van der Waals surface area contributed by atoms with Crippen molar-refractivity contribution in [1.82, 2.24) is 0 Å². The van der Waals surface area contributed by atoms with E-state index in [4.69, 9.17) is 4.74 Å². The van der Waals surface area contributed by atoms with E-state index in [1.165, 1.54) is 19.2 Å². The van der Waals surface area contributed by atoms with Crippen molar-refractivity contribution in [3.8, 4) is 5.75 Å². The molecule has 0 radical (unpaired) electrons. The molecule has 0 bridgehead atoms. The number of carbonyl (C=O) groups excluding carboxylic acids is 1. The van der Waals surface area contributed by atoms with Crippen molar-refractivity contribution in [2.75, 3.05) is 12.4 Å². The first-order valence-corrected chi connectivity index (χ1v) is 6.39. The quantitative estimate of drug-likeness (QED) is 0.509. The molecular weight excluding hydrogens is 260 g/mol. The first-order chi connectivity index (χ1) is 9.60. The number of hydrogen-bond donors (Lipinski definition) is 1. The standard InChI is InChI=1S/C14H16N2O4/c1-20-13-7-6-11(9-12(13)16(18)19)15-14(17)8-10-4-2-3-5-10/h2,4,6-7,9-10H,3,5,8H2,1H3,(H,15,17). The monoisotopic (exact) mass is 276 g/mol. The van der Waals surface area contributed by atoms with Crippen LogP contribution < -0.4 is 10.1 Å². The number of amides is 1. The Bertz CT molecular complexity index is 554. The van der Waals surface area contributed by atoms with Crippen molar-refractivity contribution >= 4 is 17.3 Å². The molecule has 0 aromatic heterocycles. The number of rotatable bonds is 5. The van der Waals surface area contributed by atoms with Crippen LogP contribution in [-0.2, 0) is 4.79 Å². The SMILES string of the molecule is COc1ccc(NC(=O)CC2C=CCC2)cc1[N+](=O)[O-]. The van der Waals surface area contributed by atoms with Gasteiger partial charge >= 0.3 is 5.69 Å². The number of nitrogens with one attached hydrogen (secondary N) is 1. The highest BCUT2D eigenvalue weighted by Gasteiger charge is 2.18. The van der Waals surface area contributed by atoms with Gasteiger partial charge in [-0.25, -0.2) is 0 Å². The fourth-order valence-electron chi connectivity index (χ4n) is 2.23. The Kier molecular flexibility index (Phi) is 4.34. The lowest BCUT2D eigenvalue weighted by Crippen LogP contribution is -2.14. The van der Waals surface area contributed by atoms with Crippen molar-refractivity contribution in [3.63, 3.8) is 0 Å². The molecule has 20 heavy (non-hydrogen) atoms. The molecule has 1 aliphatic rings. The van der Waals surface area contributed by atoms with E-state index in [2.05, 4.69) is 11.4 Å². The van der Waals surface area contributed by atoms with E-state index in [0.717, 1.165) is 12.8 Å². The number of benzene rings is 1. The van der Waals surface area contributed by atoms with E-state index < -0.39 is 4.92 Å². The summed E-state index contributed by atoms with van der Waals surface area (Å²) in [5, 5.41) is 13.6. The number of nitro benzene ring substituents is 1. The summed E-state index contributed by atoms with van der Waals surface area (Å²) < 4.78 is 4.91. The summed E-state index contributed by atoms with van der Waals surface area (Å²) in [5.74, 6) is 0.302. The molecule has 1 N–H and O–H groups in total. The maximum Gasteiger partial charge on any atom is 0.312 e. The van der Waals surface area contributed by atoms with Crippen LogP contribution >= 0.6 is 0 Å². The molecule has 1 aromatic carbocycles. The van der Waals surface area contributed by atoms with Gasteiger partial charge in [0, 0.05) is 18.2 Å². The van der Waals surface area contributed by atoms with Crippen molar-refractivity contribution in [1.29, 1.82) is 0 Å². The van der Waals surface area contributed by atoms with E-state index in [1.807, 2.05) is 6.08 Å². The van der Waals surface area contributed by atoms with Crippen LogP contribution in [0.3, 0.4) is 0 Å². The van der Waals surface area contributed by atoms with Gasteiger partial charge in [-0.1, -0.05) is 12.2 Å². The van der Waals surface area contributed by atoms with Gasteiger partial charge in [-0.3, -0.25) is 14.9 Å². The molecule has 0 fully saturated rings. The van der Waals surface area contributed by atoms with E-state index in [-0.39, 0.29) is 23.3 Å². The van der Waals surface area contributed by atoms with Crippen LogP contribution in [-0.4, -0.2) is 17.9 Å². The molecule has 1 amide bonds. The van der Waals surface area contributed by atoms with Crippen LogP contribution in [0.1, 0.15) is 19.3 Å². The summed E-state index contributed by atoms with van der Waals surface area (Å²) >= 11 is 0. The Morgan fingerprint density at radius 3 is 2.95 bits per heavy atom. The van der Waals surface area contributed by atoms with Gasteiger partial charge in [-0.2, -0.15) is 0 Å². The number of allylic oxidation sites excluding steroid dienone is 2. The van der Waals surface area contributed by atoms with Gasteiger partial charge in [0.2, 0.25) is 5.91 Å². The molecule has 1 aliphatic carbocycles. The summed E-state index contributed by atoms with van der Waals surface area (Å²) in [4.78, 5) is 22.2. The topological polar surface area (TPSA) is 81.5 Å². The lowest BCUT2D eigenvalue weighted by Gasteiger charge is -2.09. The molecule has 1 aromatic rings. The van der Waals surface area contributed by atoms with Crippen LogP contribution in [0.25, 0.3) is 0 Å². The van der Waals surface area contributed by atoms with Gasteiger partial charge in [0.25, 0.3) is 0 Å². The number of ether oxygens (including phenoxy) is 1. The molecule has 0 spiro atoms. The second-order valence-corrected chi connectivity index (χ2v) is 4.66. The summed E-state index contributed by atoms with van der Waals surface area (Å²) in [6.07, 6.45) is 6.49. The predicted molar refractivity (Wildman–Crippen MR) is 74.8 cm³/mol. The van der Waals surface area contributed by atoms with E-state index in [1.54, 1.807) is 6.07 Å². The zero-order chi connectivity index (χ0) is 14.5. The lowest BCUT2D eigenvalue weighted by molar-refractivity contribution is -0.385. The Morgan fingerprint density at radius 1 is 1.55 bits per heavy atom. The second-order valence-electron chi connectivity index (χ2n) is 4.66. The van der Waals surface area contributed by atoms with Gasteiger partial charge in [-0.05, 0) is 30.9 Å². The Labute approximate surface area is 116 Å². The summed E-state index contributed by atoms with van der Waals surface area (Å²) in [7, 11) is 1.37. The average molecular weight is 276 g/mol. The molecule has 0 saturated heterocycles. The van der Waals surface area contributed by atoms with Crippen LogP contribution in [0.2, 0.25) is 0 Å². The Balaban J connectivity index is 2.05. The van der Waals surface area contributed by atoms with E-state index in [9.17, 15) is 14.9 Å². The smallest absolute Gasteiger partial charge is 0.312 e. The third kappa shape index (κ3) is 3.34.